The Balaban J connectivity index is 1.56. The second-order valence-corrected chi connectivity index (χ2v) is 9.67. The van der Waals surface area contributed by atoms with Crippen molar-refractivity contribution in [2.75, 3.05) is 0 Å². The zero-order valence-electron chi connectivity index (χ0n) is 18.3. The predicted octanol–water partition coefficient (Wildman–Crippen LogP) is 8.49. The van der Waals surface area contributed by atoms with Gasteiger partial charge in [-0.1, -0.05) is 80.4 Å². The summed E-state index contributed by atoms with van der Waals surface area (Å²) in [5.74, 6) is 2.53. The molecule has 2 nitrogen and oxygen atoms in total. The number of unbranched alkanes of at least 4 members (excludes halogenated alkanes) is 4. The molecule has 1 aromatic heterocycles. The number of aromatic nitrogens is 2. The zero-order valence-corrected chi connectivity index (χ0v) is 19.9. The third-order valence-electron chi connectivity index (χ3n) is 6.51. The van der Waals surface area contributed by atoms with E-state index in [0.29, 0.717) is 5.92 Å². The Kier molecular flexibility index (Phi) is 9.17. The van der Waals surface area contributed by atoms with Gasteiger partial charge in [0, 0.05) is 28.3 Å². The average Bonchev–Trinajstić information content (AvgIpc) is 2.75. The largest absolute Gasteiger partial charge is 0.240 e. The number of aryl methyl sites for hydroxylation is 1. The zero-order chi connectivity index (χ0) is 20.5. The van der Waals surface area contributed by atoms with Crippen LogP contribution in [0.15, 0.2) is 35.1 Å². The lowest BCUT2D eigenvalue weighted by molar-refractivity contribution is 0.297. The molecule has 1 fully saturated rings. The monoisotopic (exact) mass is 456 g/mol. The summed E-state index contributed by atoms with van der Waals surface area (Å²) in [5.41, 5.74) is 3.70. The Morgan fingerprint density at radius 2 is 1.59 bits per heavy atom. The molecule has 3 rings (SSSR count). The van der Waals surface area contributed by atoms with Crippen molar-refractivity contribution in [3.63, 3.8) is 0 Å². The van der Waals surface area contributed by atoms with E-state index in [0.717, 1.165) is 28.2 Å². The van der Waals surface area contributed by atoms with Gasteiger partial charge in [0.05, 0.1) is 0 Å². The fourth-order valence-electron chi connectivity index (χ4n) is 4.61. The summed E-state index contributed by atoms with van der Waals surface area (Å²) in [7, 11) is 0. The summed E-state index contributed by atoms with van der Waals surface area (Å²) in [5, 5.41) is 0. The first-order chi connectivity index (χ1) is 14.2. The number of nitrogens with zero attached hydrogens (tertiary/aromatic N) is 2. The van der Waals surface area contributed by atoms with Crippen molar-refractivity contribution in [2.24, 2.45) is 5.92 Å². The lowest BCUT2D eigenvalue weighted by atomic mass is 9.79. The van der Waals surface area contributed by atoms with Crippen molar-refractivity contribution in [3.8, 4) is 11.1 Å². The Labute approximate surface area is 186 Å². The van der Waals surface area contributed by atoms with E-state index in [1.54, 1.807) is 0 Å². The molecule has 0 aliphatic heterocycles. The fourth-order valence-corrected chi connectivity index (χ4v) is 5.26. The predicted molar refractivity (Wildman–Crippen MR) is 127 cm³/mol. The van der Waals surface area contributed by atoms with E-state index in [9.17, 15) is 0 Å². The van der Waals surface area contributed by atoms with Crippen LogP contribution < -0.4 is 0 Å². The molecule has 1 aliphatic rings. The smallest absolute Gasteiger partial charge is 0.131 e. The number of hydrogen-bond acceptors (Lipinski definition) is 2. The van der Waals surface area contributed by atoms with E-state index in [2.05, 4.69) is 48.0 Å². The molecule has 0 bridgehead atoms. The summed E-state index contributed by atoms with van der Waals surface area (Å²) in [4.78, 5) is 9.54. The third-order valence-corrected chi connectivity index (χ3v) is 7.17. The van der Waals surface area contributed by atoms with Gasteiger partial charge in [0.25, 0.3) is 0 Å². The van der Waals surface area contributed by atoms with Gasteiger partial charge in [-0.05, 0) is 61.6 Å². The molecule has 1 heterocycles. The molecular formula is C26H37BrN2. The first-order valence-corrected chi connectivity index (χ1v) is 12.6. The second kappa shape index (κ2) is 11.8. The van der Waals surface area contributed by atoms with Gasteiger partial charge in [-0.2, -0.15) is 0 Å². The first kappa shape index (κ1) is 22.5. The molecule has 158 valence electrons. The SMILES string of the molecule is CCCCCc1ccc(-c2cnc([C@H]3CC[C@H](CCCCC)CC3)nc2)c(Br)c1. The number of benzene rings is 1. The molecule has 3 heteroatoms. The van der Waals surface area contributed by atoms with Gasteiger partial charge < -0.3 is 0 Å². The lowest BCUT2D eigenvalue weighted by Gasteiger charge is -2.27. The number of rotatable bonds is 10. The molecule has 0 unspecified atom stereocenters. The number of hydrogen-bond donors (Lipinski definition) is 0. The molecule has 0 amide bonds. The molecule has 29 heavy (non-hydrogen) atoms. The van der Waals surface area contributed by atoms with Gasteiger partial charge in [0.1, 0.15) is 5.82 Å². The Morgan fingerprint density at radius 1 is 0.897 bits per heavy atom. The topological polar surface area (TPSA) is 25.8 Å². The van der Waals surface area contributed by atoms with E-state index in [4.69, 9.17) is 9.97 Å². The highest BCUT2D eigenvalue weighted by atomic mass is 79.9. The molecule has 1 aliphatic carbocycles. The van der Waals surface area contributed by atoms with Crippen molar-refractivity contribution >= 4 is 15.9 Å². The van der Waals surface area contributed by atoms with E-state index in [-0.39, 0.29) is 0 Å². The maximum absolute atomic E-state index is 4.77. The molecule has 0 spiro atoms. The average molecular weight is 458 g/mol. The van der Waals surface area contributed by atoms with Crippen LogP contribution in [-0.2, 0) is 6.42 Å². The van der Waals surface area contributed by atoms with Gasteiger partial charge in [-0.25, -0.2) is 9.97 Å². The van der Waals surface area contributed by atoms with E-state index in [1.807, 2.05) is 12.4 Å². The van der Waals surface area contributed by atoms with E-state index < -0.39 is 0 Å². The molecule has 0 N–H and O–H groups in total. The summed E-state index contributed by atoms with van der Waals surface area (Å²) in [6, 6.07) is 6.73. The lowest BCUT2D eigenvalue weighted by Crippen LogP contribution is -2.15. The van der Waals surface area contributed by atoms with Crippen LogP contribution in [0, 0.1) is 5.92 Å². The Morgan fingerprint density at radius 3 is 2.24 bits per heavy atom. The molecular weight excluding hydrogens is 420 g/mol. The quantitative estimate of drug-likeness (QED) is 0.334. The molecule has 0 saturated heterocycles. The highest BCUT2D eigenvalue weighted by molar-refractivity contribution is 9.10. The van der Waals surface area contributed by atoms with E-state index >= 15 is 0 Å². The van der Waals surface area contributed by atoms with Crippen molar-refractivity contribution in [1.29, 1.82) is 0 Å². The third kappa shape index (κ3) is 6.64. The van der Waals surface area contributed by atoms with Gasteiger partial charge in [0.2, 0.25) is 0 Å². The van der Waals surface area contributed by atoms with Crippen molar-refractivity contribution in [1.82, 2.24) is 9.97 Å². The van der Waals surface area contributed by atoms with Gasteiger partial charge >= 0.3 is 0 Å². The van der Waals surface area contributed by atoms with Gasteiger partial charge in [0.15, 0.2) is 0 Å². The molecule has 1 aromatic carbocycles. The van der Waals surface area contributed by atoms with Gasteiger partial charge in [-0.15, -0.1) is 0 Å². The minimum atomic E-state index is 0.552. The normalized spacial score (nSPS) is 19.4. The van der Waals surface area contributed by atoms with Crippen LogP contribution in [0.25, 0.3) is 11.1 Å². The maximum atomic E-state index is 4.77. The summed E-state index contributed by atoms with van der Waals surface area (Å²) >= 11 is 3.76. The minimum Gasteiger partial charge on any atom is -0.240 e. The van der Waals surface area contributed by atoms with Crippen molar-refractivity contribution < 1.29 is 0 Å². The van der Waals surface area contributed by atoms with Crippen LogP contribution in [0.3, 0.4) is 0 Å². The number of halogens is 1. The maximum Gasteiger partial charge on any atom is 0.131 e. The Hall–Kier alpha value is -1.22. The molecule has 2 aromatic rings. The van der Waals surface area contributed by atoms with Crippen LogP contribution in [0.2, 0.25) is 0 Å². The first-order valence-electron chi connectivity index (χ1n) is 11.8. The van der Waals surface area contributed by atoms with E-state index in [1.165, 1.54) is 81.8 Å². The van der Waals surface area contributed by atoms with Crippen molar-refractivity contribution in [3.05, 3.63) is 46.5 Å². The Bertz CT molecular complexity index is 733. The highest BCUT2D eigenvalue weighted by Crippen LogP contribution is 2.37. The van der Waals surface area contributed by atoms with Crippen LogP contribution in [0.5, 0.6) is 0 Å². The molecule has 0 radical (unpaired) electrons. The molecule has 1 saturated carbocycles. The minimum absolute atomic E-state index is 0.552. The van der Waals surface area contributed by atoms with Crippen LogP contribution in [0.1, 0.15) is 102 Å². The van der Waals surface area contributed by atoms with Gasteiger partial charge in [-0.3, -0.25) is 0 Å². The summed E-state index contributed by atoms with van der Waals surface area (Å²) in [6.07, 6.45) is 19.8. The highest BCUT2D eigenvalue weighted by Gasteiger charge is 2.24. The fraction of sp³-hybridized carbons (Fsp3) is 0.615. The van der Waals surface area contributed by atoms with Crippen LogP contribution in [-0.4, -0.2) is 9.97 Å². The summed E-state index contributed by atoms with van der Waals surface area (Å²) in [6.45, 7) is 4.54. The summed E-state index contributed by atoms with van der Waals surface area (Å²) < 4.78 is 1.15. The van der Waals surface area contributed by atoms with Crippen molar-refractivity contribution in [2.45, 2.75) is 96.8 Å². The standard InChI is InChI=1S/C26H37BrN2/c1-3-5-7-9-20-11-14-22(15-12-20)26-28-18-23(19-29-26)24-16-13-21(17-25(24)27)10-8-6-4-2/h13,16-20,22H,3-12,14-15H2,1-2H3/t20-,22-. The van der Waals surface area contributed by atoms with Crippen LogP contribution >= 0.6 is 15.9 Å². The molecule has 0 atom stereocenters. The van der Waals surface area contributed by atoms with Crippen LogP contribution in [0.4, 0.5) is 0 Å². The second-order valence-electron chi connectivity index (χ2n) is 8.81.